The van der Waals surface area contributed by atoms with Crippen molar-refractivity contribution in [3.8, 4) is 0 Å². The van der Waals surface area contributed by atoms with Crippen LogP contribution in [0, 0.1) is 0 Å². The second-order valence-electron chi connectivity index (χ2n) is 5.83. The van der Waals surface area contributed by atoms with E-state index < -0.39 is 0 Å². The summed E-state index contributed by atoms with van der Waals surface area (Å²) in [5.41, 5.74) is 0.767. The van der Waals surface area contributed by atoms with Crippen molar-refractivity contribution < 1.29 is 4.79 Å². The van der Waals surface area contributed by atoms with Crippen LogP contribution in [0.1, 0.15) is 40.0 Å². The number of carbonyl (C=O) groups excluding carboxylic acids is 1. The van der Waals surface area contributed by atoms with Crippen LogP contribution in [0.25, 0.3) is 10.9 Å². The summed E-state index contributed by atoms with van der Waals surface area (Å²) in [6.45, 7) is 8.13. The van der Waals surface area contributed by atoms with Crippen LogP contribution >= 0.6 is 11.8 Å². The number of benzene rings is 1. The third-order valence-corrected chi connectivity index (χ3v) is 5.34. The van der Waals surface area contributed by atoms with Gasteiger partial charge in [-0.1, -0.05) is 23.9 Å². The molecule has 0 fully saturated rings. The van der Waals surface area contributed by atoms with Gasteiger partial charge in [0.2, 0.25) is 5.91 Å². The van der Waals surface area contributed by atoms with Gasteiger partial charge in [-0.05, 0) is 45.7 Å². The molecule has 0 unspecified atom stereocenters. The molecule has 0 N–H and O–H groups in total. The van der Waals surface area contributed by atoms with E-state index in [1.54, 1.807) is 16.3 Å². The van der Waals surface area contributed by atoms with Crippen molar-refractivity contribution >= 4 is 28.6 Å². The molecule has 0 bridgehead atoms. The number of carbonyl (C=O) groups is 1. The Balaban J connectivity index is 1.95. The molecule has 0 aliphatic heterocycles. The third-order valence-electron chi connectivity index (χ3n) is 4.28. The highest BCUT2D eigenvalue weighted by molar-refractivity contribution is 7.99. The number of hydrogen-bond acceptors (Lipinski definition) is 4. The first-order chi connectivity index (χ1) is 12.1. The topological polar surface area (TPSA) is 55.2 Å². The number of fused-ring (bicyclic) bond motifs is 1. The largest absolute Gasteiger partial charge is 0.343 e. The minimum atomic E-state index is 0.0207. The lowest BCUT2D eigenvalue weighted by atomic mass is 10.2. The molecule has 2 aromatic rings. The summed E-state index contributed by atoms with van der Waals surface area (Å²) < 4.78 is 1.73. The van der Waals surface area contributed by atoms with Gasteiger partial charge in [-0.15, -0.1) is 0 Å². The van der Waals surface area contributed by atoms with E-state index in [9.17, 15) is 9.59 Å². The standard InChI is InChI=1S/C19H27N3O2S/c1-4-21(5-2)17(23)13-9-10-14-25-19-20-16-12-8-7-11-15(16)18(24)22(19)6-3/h7-8,11-12H,4-6,9-10,13-14H2,1-3H3. The van der Waals surface area contributed by atoms with Crippen molar-refractivity contribution in [1.29, 1.82) is 0 Å². The van der Waals surface area contributed by atoms with Crippen LogP contribution in [0.4, 0.5) is 0 Å². The molecule has 0 radical (unpaired) electrons. The summed E-state index contributed by atoms with van der Waals surface area (Å²) >= 11 is 1.60. The maximum absolute atomic E-state index is 12.6. The van der Waals surface area contributed by atoms with E-state index in [1.165, 1.54) is 0 Å². The summed E-state index contributed by atoms with van der Waals surface area (Å²) in [7, 11) is 0. The first kappa shape index (κ1) is 19.5. The average molecular weight is 362 g/mol. The molecule has 2 rings (SSSR count). The van der Waals surface area contributed by atoms with E-state index in [0.29, 0.717) is 18.4 Å². The minimum Gasteiger partial charge on any atom is -0.343 e. The van der Waals surface area contributed by atoms with Gasteiger partial charge < -0.3 is 4.90 Å². The van der Waals surface area contributed by atoms with Crippen molar-refractivity contribution in [3.05, 3.63) is 34.6 Å². The van der Waals surface area contributed by atoms with E-state index >= 15 is 0 Å². The van der Waals surface area contributed by atoms with Gasteiger partial charge in [0.25, 0.3) is 5.56 Å². The van der Waals surface area contributed by atoms with Crippen LogP contribution < -0.4 is 5.56 Å². The normalized spacial score (nSPS) is 11.0. The molecule has 1 aromatic heterocycles. The lowest BCUT2D eigenvalue weighted by Crippen LogP contribution is -2.30. The highest BCUT2D eigenvalue weighted by Crippen LogP contribution is 2.19. The molecule has 136 valence electrons. The molecule has 0 saturated heterocycles. The van der Waals surface area contributed by atoms with Crippen LogP contribution in [-0.2, 0) is 11.3 Å². The molecule has 0 saturated carbocycles. The summed E-state index contributed by atoms with van der Waals surface area (Å²) in [5.74, 6) is 1.08. The quantitative estimate of drug-likeness (QED) is 0.389. The molecular formula is C19H27N3O2S. The Hall–Kier alpha value is -1.82. The maximum Gasteiger partial charge on any atom is 0.262 e. The van der Waals surface area contributed by atoms with Gasteiger partial charge in [0.15, 0.2) is 5.16 Å². The van der Waals surface area contributed by atoms with Crippen LogP contribution in [0.2, 0.25) is 0 Å². The summed E-state index contributed by atoms with van der Waals surface area (Å²) in [6, 6.07) is 7.47. The highest BCUT2D eigenvalue weighted by Gasteiger charge is 2.11. The number of rotatable bonds is 9. The van der Waals surface area contributed by atoms with Gasteiger partial charge in [-0.3, -0.25) is 14.2 Å². The molecule has 0 aliphatic carbocycles. The lowest BCUT2D eigenvalue weighted by molar-refractivity contribution is -0.130. The van der Waals surface area contributed by atoms with Gasteiger partial charge in [0, 0.05) is 31.8 Å². The molecule has 1 heterocycles. The fourth-order valence-electron chi connectivity index (χ4n) is 2.81. The van der Waals surface area contributed by atoms with Crippen LogP contribution in [-0.4, -0.2) is 39.2 Å². The summed E-state index contributed by atoms with van der Waals surface area (Å²) in [4.78, 5) is 31.1. The molecule has 6 heteroatoms. The molecule has 0 atom stereocenters. The first-order valence-corrected chi connectivity index (χ1v) is 10.0. The zero-order valence-corrected chi connectivity index (χ0v) is 16.1. The summed E-state index contributed by atoms with van der Waals surface area (Å²) in [6.07, 6.45) is 2.39. The van der Waals surface area contributed by atoms with Crippen LogP contribution in [0.5, 0.6) is 0 Å². The number of nitrogens with zero attached hydrogens (tertiary/aromatic N) is 3. The van der Waals surface area contributed by atoms with Gasteiger partial charge in [0.1, 0.15) is 0 Å². The Bertz CT molecular complexity index is 769. The third kappa shape index (κ3) is 4.84. The Morgan fingerprint density at radius 2 is 1.88 bits per heavy atom. The molecule has 0 aliphatic rings. The molecule has 1 aromatic carbocycles. The highest BCUT2D eigenvalue weighted by atomic mass is 32.2. The Kier molecular flexibility index (Phi) is 7.50. The number of thioether (sulfide) groups is 1. The van der Waals surface area contributed by atoms with Crippen LogP contribution in [0.15, 0.2) is 34.2 Å². The van der Waals surface area contributed by atoms with Gasteiger partial charge in [0.05, 0.1) is 10.9 Å². The number of unbranched alkanes of at least 4 members (excludes halogenated alkanes) is 1. The predicted molar refractivity (Wildman–Crippen MR) is 104 cm³/mol. The van der Waals surface area contributed by atoms with E-state index in [-0.39, 0.29) is 11.5 Å². The second kappa shape index (κ2) is 9.61. The van der Waals surface area contributed by atoms with E-state index in [4.69, 9.17) is 0 Å². The smallest absolute Gasteiger partial charge is 0.262 e. The number of para-hydroxylation sites is 1. The number of hydrogen-bond donors (Lipinski definition) is 0. The molecule has 5 nitrogen and oxygen atoms in total. The molecule has 25 heavy (non-hydrogen) atoms. The Morgan fingerprint density at radius 1 is 1.16 bits per heavy atom. The zero-order chi connectivity index (χ0) is 18.2. The maximum atomic E-state index is 12.6. The van der Waals surface area contributed by atoms with E-state index in [1.807, 2.05) is 49.9 Å². The van der Waals surface area contributed by atoms with Crippen molar-refractivity contribution in [1.82, 2.24) is 14.5 Å². The first-order valence-electron chi connectivity index (χ1n) is 9.02. The van der Waals surface area contributed by atoms with Crippen molar-refractivity contribution in [2.75, 3.05) is 18.8 Å². The molecule has 1 amide bonds. The predicted octanol–water partition coefficient (Wildman–Crippen LogP) is 3.55. The van der Waals surface area contributed by atoms with E-state index in [0.717, 1.165) is 42.4 Å². The van der Waals surface area contributed by atoms with E-state index in [2.05, 4.69) is 4.98 Å². The SMILES string of the molecule is CCN(CC)C(=O)CCCCSc1nc2ccccc2c(=O)n1CC. The Morgan fingerprint density at radius 3 is 2.56 bits per heavy atom. The molecular weight excluding hydrogens is 334 g/mol. The van der Waals surface area contributed by atoms with Gasteiger partial charge in [-0.2, -0.15) is 0 Å². The number of amides is 1. The summed E-state index contributed by atoms with van der Waals surface area (Å²) in [5, 5.41) is 1.43. The number of aromatic nitrogens is 2. The Labute approximate surface area is 153 Å². The average Bonchev–Trinajstić information content (AvgIpc) is 2.62. The van der Waals surface area contributed by atoms with Crippen LogP contribution in [0.3, 0.4) is 0 Å². The fraction of sp³-hybridized carbons (Fsp3) is 0.526. The van der Waals surface area contributed by atoms with Gasteiger partial charge in [-0.25, -0.2) is 4.98 Å². The lowest BCUT2D eigenvalue weighted by Gasteiger charge is -2.18. The minimum absolute atomic E-state index is 0.0207. The zero-order valence-electron chi connectivity index (χ0n) is 15.3. The molecule has 0 spiro atoms. The van der Waals surface area contributed by atoms with Crippen molar-refractivity contribution in [2.45, 2.75) is 51.7 Å². The van der Waals surface area contributed by atoms with Crippen molar-refractivity contribution in [2.24, 2.45) is 0 Å². The fourth-order valence-corrected chi connectivity index (χ4v) is 3.87. The monoisotopic (exact) mass is 361 g/mol. The van der Waals surface area contributed by atoms with Crippen molar-refractivity contribution in [3.63, 3.8) is 0 Å². The van der Waals surface area contributed by atoms with Gasteiger partial charge >= 0.3 is 0 Å². The second-order valence-corrected chi connectivity index (χ2v) is 6.89.